The van der Waals surface area contributed by atoms with Gasteiger partial charge in [-0.3, -0.25) is 23.9 Å². The molecule has 1 amide bonds. The van der Waals surface area contributed by atoms with Crippen molar-refractivity contribution < 1.29 is 4.79 Å². The van der Waals surface area contributed by atoms with Gasteiger partial charge in [0.1, 0.15) is 5.65 Å². The Balaban J connectivity index is 1.90. The van der Waals surface area contributed by atoms with Crippen molar-refractivity contribution in [3.05, 3.63) is 54.5 Å². The number of H-pyrrole nitrogens is 2. The number of aromatic nitrogens is 3. The summed E-state index contributed by atoms with van der Waals surface area (Å²) in [7, 11) is 1.41. The number of aryl methyl sites for hydroxylation is 1. The lowest BCUT2D eigenvalue weighted by Crippen LogP contribution is -2.34. The van der Waals surface area contributed by atoms with Gasteiger partial charge in [0.25, 0.3) is 11.5 Å². The molecule has 8 heteroatoms. The molecule has 0 saturated carbocycles. The normalized spacial score (nSPS) is 14.4. The number of allylic oxidation sites excluding steroid dienone is 1. The van der Waals surface area contributed by atoms with Crippen molar-refractivity contribution in [2.75, 3.05) is 6.54 Å². The lowest BCUT2D eigenvalue weighted by molar-refractivity contribution is 0.0955. The second-order valence-electron chi connectivity index (χ2n) is 6.20. The first-order chi connectivity index (χ1) is 12.0. The number of nitrogens with one attached hydrogen (secondary N) is 3. The maximum atomic E-state index is 12.5. The summed E-state index contributed by atoms with van der Waals surface area (Å²) in [5, 5.41) is 2.75. The molecule has 2 aromatic rings. The zero-order chi connectivity index (χ0) is 18.0. The molecule has 132 valence electrons. The minimum absolute atomic E-state index is 0.00363. The van der Waals surface area contributed by atoms with E-state index in [4.69, 9.17) is 0 Å². The Hall–Kier alpha value is -2.90. The van der Waals surface area contributed by atoms with Gasteiger partial charge >= 0.3 is 5.69 Å². The molecule has 1 aliphatic rings. The van der Waals surface area contributed by atoms with Crippen LogP contribution < -0.4 is 22.1 Å². The highest BCUT2D eigenvalue weighted by molar-refractivity contribution is 6.04. The van der Waals surface area contributed by atoms with Crippen LogP contribution in [0.3, 0.4) is 0 Å². The molecule has 0 atom stereocenters. The molecule has 0 unspecified atom stereocenters. The third-order valence-corrected chi connectivity index (χ3v) is 4.47. The second-order valence-corrected chi connectivity index (χ2v) is 6.20. The summed E-state index contributed by atoms with van der Waals surface area (Å²) in [4.78, 5) is 52.7. The van der Waals surface area contributed by atoms with Gasteiger partial charge in [-0.2, -0.15) is 0 Å². The quantitative estimate of drug-likeness (QED) is 0.702. The van der Waals surface area contributed by atoms with Gasteiger partial charge in [0.05, 0.1) is 10.9 Å². The summed E-state index contributed by atoms with van der Waals surface area (Å²) in [6.07, 6.45) is 7.45. The van der Waals surface area contributed by atoms with Crippen molar-refractivity contribution in [1.82, 2.24) is 19.9 Å². The number of amides is 1. The highest BCUT2D eigenvalue weighted by atomic mass is 16.2. The summed E-state index contributed by atoms with van der Waals surface area (Å²) in [6, 6.07) is 1.08. The Kier molecular flexibility index (Phi) is 4.69. The zero-order valence-electron chi connectivity index (χ0n) is 14.0. The summed E-state index contributed by atoms with van der Waals surface area (Å²) in [5.41, 5.74) is -0.588. The van der Waals surface area contributed by atoms with Crippen molar-refractivity contribution in [3.8, 4) is 0 Å². The van der Waals surface area contributed by atoms with Crippen molar-refractivity contribution in [2.45, 2.75) is 32.1 Å². The fraction of sp³-hybridized carbons (Fsp3) is 0.412. The molecule has 0 aliphatic heterocycles. The van der Waals surface area contributed by atoms with E-state index in [1.54, 1.807) is 0 Å². The van der Waals surface area contributed by atoms with Gasteiger partial charge < -0.3 is 10.3 Å². The van der Waals surface area contributed by atoms with Crippen molar-refractivity contribution in [2.24, 2.45) is 7.05 Å². The van der Waals surface area contributed by atoms with Crippen LogP contribution in [-0.2, 0) is 7.05 Å². The Labute approximate surface area is 142 Å². The largest absolute Gasteiger partial charge is 0.352 e. The van der Waals surface area contributed by atoms with Gasteiger partial charge in [0.2, 0.25) is 5.56 Å². The van der Waals surface area contributed by atoms with Crippen LogP contribution in [0, 0.1) is 0 Å². The van der Waals surface area contributed by atoms with E-state index in [1.807, 2.05) is 0 Å². The summed E-state index contributed by atoms with van der Waals surface area (Å²) < 4.78 is 1.10. The van der Waals surface area contributed by atoms with E-state index in [0.29, 0.717) is 6.54 Å². The molecule has 0 radical (unpaired) electrons. The molecule has 3 N–H and O–H groups in total. The van der Waals surface area contributed by atoms with E-state index in [1.165, 1.54) is 25.5 Å². The first-order valence-electron chi connectivity index (χ1n) is 8.30. The number of hydrogen-bond donors (Lipinski definition) is 3. The topological polar surface area (TPSA) is 117 Å². The molecule has 0 spiro atoms. The maximum absolute atomic E-state index is 12.5. The van der Waals surface area contributed by atoms with E-state index in [-0.39, 0.29) is 16.6 Å². The molecular formula is C17H20N4O4. The predicted molar refractivity (Wildman–Crippen MR) is 93.9 cm³/mol. The lowest BCUT2D eigenvalue weighted by Gasteiger charge is -2.13. The molecule has 25 heavy (non-hydrogen) atoms. The van der Waals surface area contributed by atoms with Crippen LogP contribution in [0.15, 0.2) is 32.1 Å². The van der Waals surface area contributed by atoms with Crippen LogP contribution >= 0.6 is 0 Å². The fourth-order valence-corrected chi connectivity index (χ4v) is 3.12. The Morgan fingerprint density at radius 1 is 1.24 bits per heavy atom. The van der Waals surface area contributed by atoms with Gasteiger partial charge in [-0.25, -0.2) is 4.79 Å². The SMILES string of the molecule is Cn1c(=O)[nH]c(=O)c2c(C(=O)NCCC3=CCCCC3)cc(=O)[nH]c21. The van der Waals surface area contributed by atoms with Crippen LogP contribution in [0.2, 0.25) is 0 Å². The minimum atomic E-state index is -0.700. The van der Waals surface area contributed by atoms with E-state index in [2.05, 4.69) is 21.4 Å². The Bertz CT molecular complexity index is 1030. The summed E-state index contributed by atoms with van der Waals surface area (Å²) in [6.45, 7) is 0.433. The van der Waals surface area contributed by atoms with Gasteiger partial charge in [-0.1, -0.05) is 11.6 Å². The third kappa shape index (κ3) is 3.47. The van der Waals surface area contributed by atoms with Gasteiger partial charge in [-0.15, -0.1) is 0 Å². The number of pyridine rings is 1. The number of fused-ring (bicyclic) bond motifs is 1. The molecule has 2 heterocycles. The highest BCUT2D eigenvalue weighted by Gasteiger charge is 2.17. The molecule has 2 aromatic heterocycles. The first kappa shape index (κ1) is 16.9. The predicted octanol–water partition coefficient (Wildman–Crippen LogP) is 0.535. The molecular weight excluding hydrogens is 324 g/mol. The molecule has 8 nitrogen and oxygen atoms in total. The second kappa shape index (κ2) is 6.92. The monoisotopic (exact) mass is 344 g/mol. The van der Waals surface area contributed by atoms with Gasteiger partial charge in [-0.05, 0) is 32.1 Å². The number of nitrogens with zero attached hydrogens (tertiary/aromatic N) is 1. The first-order valence-corrected chi connectivity index (χ1v) is 8.30. The molecule has 0 bridgehead atoms. The average molecular weight is 344 g/mol. The molecule has 0 aromatic carbocycles. The van der Waals surface area contributed by atoms with Crippen molar-refractivity contribution in [1.29, 1.82) is 0 Å². The number of rotatable bonds is 4. The highest BCUT2D eigenvalue weighted by Crippen LogP contribution is 2.19. The van der Waals surface area contributed by atoms with Crippen LogP contribution in [-0.4, -0.2) is 27.0 Å². The molecule has 3 rings (SSSR count). The van der Waals surface area contributed by atoms with Gasteiger partial charge in [0.15, 0.2) is 0 Å². The molecule has 0 saturated heterocycles. The van der Waals surface area contributed by atoms with Crippen molar-refractivity contribution in [3.63, 3.8) is 0 Å². The number of hydrogen-bond acceptors (Lipinski definition) is 4. The summed E-state index contributed by atoms with van der Waals surface area (Å²) in [5.74, 6) is -0.503. The van der Waals surface area contributed by atoms with Crippen LogP contribution in [0.25, 0.3) is 11.0 Å². The fourth-order valence-electron chi connectivity index (χ4n) is 3.12. The van der Waals surface area contributed by atoms with Crippen molar-refractivity contribution >= 4 is 16.9 Å². The molecule has 1 aliphatic carbocycles. The number of carbonyl (C=O) groups is 1. The number of carbonyl (C=O) groups excluding carboxylic acids is 1. The van der Waals surface area contributed by atoms with Crippen LogP contribution in [0.1, 0.15) is 42.5 Å². The number of aromatic amines is 2. The van der Waals surface area contributed by atoms with E-state index >= 15 is 0 Å². The van der Waals surface area contributed by atoms with Crippen LogP contribution in [0.5, 0.6) is 0 Å². The Morgan fingerprint density at radius 2 is 2.04 bits per heavy atom. The lowest BCUT2D eigenvalue weighted by atomic mass is 9.97. The standard InChI is InChI=1S/C17H20N4O4/c1-21-14-13(16(24)20-17(21)25)11(9-12(22)19-14)15(23)18-8-7-10-5-3-2-4-6-10/h5,9H,2-4,6-8H2,1H3,(H,18,23)(H,19,22)(H,20,24,25). The summed E-state index contributed by atoms with van der Waals surface area (Å²) >= 11 is 0. The van der Waals surface area contributed by atoms with Gasteiger partial charge in [0, 0.05) is 19.7 Å². The minimum Gasteiger partial charge on any atom is -0.352 e. The van der Waals surface area contributed by atoms with E-state index in [9.17, 15) is 19.2 Å². The van der Waals surface area contributed by atoms with Crippen LogP contribution in [0.4, 0.5) is 0 Å². The maximum Gasteiger partial charge on any atom is 0.329 e. The Morgan fingerprint density at radius 3 is 2.76 bits per heavy atom. The zero-order valence-corrected chi connectivity index (χ0v) is 14.0. The molecule has 0 fully saturated rings. The smallest absolute Gasteiger partial charge is 0.329 e. The average Bonchev–Trinajstić information content (AvgIpc) is 2.59. The third-order valence-electron chi connectivity index (χ3n) is 4.47. The van der Waals surface area contributed by atoms with E-state index < -0.39 is 22.7 Å². The van der Waals surface area contributed by atoms with E-state index in [0.717, 1.165) is 29.9 Å².